The number of carbonyl (C=O) groups excluding carboxylic acids is 12. The highest BCUT2D eigenvalue weighted by molar-refractivity contribution is 6.27. The molecule has 6 aromatic rings. The molecule has 6 atom stereocenters. The molecule has 10 aliphatic heterocycles. The van der Waals surface area contributed by atoms with Crippen molar-refractivity contribution in [3.05, 3.63) is 119 Å². The van der Waals surface area contributed by atoms with Crippen molar-refractivity contribution in [3.8, 4) is 11.5 Å². The van der Waals surface area contributed by atoms with Crippen molar-refractivity contribution in [2.24, 2.45) is 17.8 Å². The maximum Gasteiger partial charge on any atom is 0.342 e. The van der Waals surface area contributed by atoms with E-state index in [0.29, 0.717) is 130 Å². The van der Waals surface area contributed by atoms with Gasteiger partial charge >= 0.3 is 11.8 Å². The van der Waals surface area contributed by atoms with Gasteiger partial charge in [-0.15, -0.1) is 0 Å². The van der Waals surface area contributed by atoms with Crippen LogP contribution in [0.1, 0.15) is 191 Å². The van der Waals surface area contributed by atoms with Gasteiger partial charge in [-0.2, -0.15) is 27.5 Å². The summed E-state index contributed by atoms with van der Waals surface area (Å²) >= 11 is 0. The molecular weight excluding hydrogens is 1670 g/mol. The van der Waals surface area contributed by atoms with E-state index < -0.39 is 114 Å². The molecule has 34 nitrogen and oxygen atoms in total. The van der Waals surface area contributed by atoms with Crippen LogP contribution in [0, 0.1) is 17.8 Å². The quantitative estimate of drug-likeness (QED) is 0.0260. The third kappa shape index (κ3) is 17.4. The summed E-state index contributed by atoms with van der Waals surface area (Å²) < 4.78 is 78.1. The van der Waals surface area contributed by atoms with Crippen molar-refractivity contribution in [2.75, 3.05) is 146 Å². The molecule has 0 radical (unpaired) electrons. The Morgan fingerprint density at radius 2 is 0.984 bits per heavy atom. The fourth-order valence-corrected chi connectivity index (χ4v) is 21.2. The minimum absolute atomic E-state index is 0.00482. The van der Waals surface area contributed by atoms with E-state index in [4.69, 9.17) is 19.4 Å². The average molecular weight is 1780 g/mol. The normalized spacial score (nSPS) is 24.3. The number of benzene rings is 4. The van der Waals surface area contributed by atoms with Crippen molar-refractivity contribution in [1.29, 1.82) is 0 Å². The van der Waals surface area contributed by atoms with Crippen molar-refractivity contribution >= 4 is 129 Å². The van der Waals surface area contributed by atoms with Gasteiger partial charge < -0.3 is 69.9 Å². The number of imide groups is 4. The van der Waals surface area contributed by atoms with E-state index in [1.165, 1.54) is 43.5 Å². The van der Waals surface area contributed by atoms with Gasteiger partial charge in [0.15, 0.2) is 11.6 Å². The lowest BCUT2D eigenvalue weighted by atomic mass is 9.92. The summed E-state index contributed by atoms with van der Waals surface area (Å²) in [6.07, 6.45) is 13.5. The number of nitrogens with zero attached hydrogens (tertiary/aromatic N) is 14. The largest absolute Gasteiger partial charge is 0.495 e. The Morgan fingerprint density at radius 3 is 1.51 bits per heavy atom. The number of methoxy groups -OCH3 is 2. The summed E-state index contributed by atoms with van der Waals surface area (Å²) in [4.78, 5) is 195. The number of ether oxygens (including phenoxy) is 2. The van der Waals surface area contributed by atoms with Crippen LogP contribution >= 0.6 is 0 Å². The number of amides is 12. The van der Waals surface area contributed by atoms with Gasteiger partial charge in [-0.3, -0.25) is 78.0 Å². The van der Waals surface area contributed by atoms with Gasteiger partial charge in [0.25, 0.3) is 47.3 Å². The molecule has 8 fully saturated rings. The van der Waals surface area contributed by atoms with E-state index in [-0.39, 0.29) is 138 Å². The molecule has 0 bridgehead atoms. The van der Waals surface area contributed by atoms with Crippen molar-refractivity contribution < 1.29 is 84.6 Å². The molecule has 38 heteroatoms. The number of fused-ring (bicyclic) bond motifs is 4. The fraction of sp³-hybridized carbons (Fsp3) is 0.516. The number of nitrogens with one attached hydrogen (secondary N) is 6. The highest BCUT2D eigenvalue weighted by Gasteiger charge is 2.55. The predicted octanol–water partition coefficient (Wildman–Crippen LogP) is 8.20. The number of aromatic nitrogens is 4. The van der Waals surface area contributed by atoms with E-state index in [0.717, 1.165) is 90.7 Å². The molecule has 6 unspecified atom stereocenters. The molecule has 12 aliphatic rings. The molecule has 2 saturated carbocycles. The second-order valence-corrected chi connectivity index (χ2v) is 36.2. The van der Waals surface area contributed by atoms with Crippen molar-refractivity contribution in [1.82, 2.24) is 60.8 Å². The highest BCUT2D eigenvalue weighted by Crippen LogP contribution is 2.47. The lowest BCUT2D eigenvalue weighted by Crippen LogP contribution is -2.54. The number of halogens is 4. The highest BCUT2D eigenvalue weighted by atomic mass is 19.3. The van der Waals surface area contributed by atoms with Gasteiger partial charge in [0.1, 0.15) is 35.0 Å². The van der Waals surface area contributed by atoms with Crippen LogP contribution in [0.15, 0.2) is 85.2 Å². The first kappa shape index (κ1) is 87.2. The Bertz CT molecular complexity index is 5510. The fourth-order valence-electron chi connectivity index (χ4n) is 21.2. The number of likely N-dealkylation sites (tertiary alicyclic amines) is 2. The molecule has 12 heterocycles. The molecule has 129 heavy (non-hydrogen) atoms. The number of carbonyl (C=O) groups is 12. The van der Waals surface area contributed by atoms with E-state index >= 15 is 17.6 Å². The zero-order valence-electron chi connectivity index (χ0n) is 72.1. The second-order valence-electron chi connectivity index (χ2n) is 36.2. The number of piperidine rings is 6. The smallest absolute Gasteiger partial charge is 0.342 e. The number of hydrogen-bond acceptors (Lipinski definition) is 26. The van der Waals surface area contributed by atoms with Gasteiger partial charge in [-0.05, 0) is 188 Å². The van der Waals surface area contributed by atoms with Crippen LogP contribution < -0.4 is 70.8 Å². The zero-order valence-corrected chi connectivity index (χ0v) is 72.1. The Morgan fingerprint density at radius 1 is 0.496 bits per heavy atom. The third-order valence-corrected chi connectivity index (χ3v) is 28.0. The number of rotatable bonds is 23. The van der Waals surface area contributed by atoms with Crippen LogP contribution in [0.2, 0.25) is 0 Å². The molecule has 0 spiro atoms. The Labute approximate surface area is 741 Å². The van der Waals surface area contributed by atoms with Crippen LogP contribution in [-0.4, -0.2) is 265 Å². The van der Waals surface area contributed by atoms with Crippen LogP contribution in [0.4, 0.5) is 75.2 Å². The van der Waals surface area contributed by atoms with Crippen LogP contribution in [0.3, 0.4) is 0 Å². The Balaban J connectivity index is 0.489. The summed E-state index contributed by atoms with van der Waals surface area (Å²) in [6.45, 7) is 4.96. The van der Waals surface area contributed by atoms with E-state index in [2.05, 4.69) is 61.5 Å². The Hall–Kier alpha value is -12.5. The first-order valence-corrected chi connectivity index (χ1v) is 44.9. The van der Waals surface area contributed by atoms with Crippen molar-refractivity contribution in [2.45, 2.75) is 177 Å². The minimum atomic E-state index is -3.93. The SMILES string of the molecule is COc1cc(C(=O)NC2CCN(CC3CCCN(c4cccc5c4C(=O)N(C4CCC(=O)NC4=O)C5=O)C3)CC2)ccc1Nc1ncc2c(n1)N(C1CCC(CN3C(=O)C(F)(F)CN(C4CCCC4)c4nc(Nc5ccc(C(=O)NC6CCN(CCC7CCCN(c8cccc9c8C(=O)N(C8CCC(=O)NC8=O)C9=O)C7)CC6)cc5OC)ncc43)C1)CC(F)(F)C(=O)N2C. The molecule has 2 aromatic heterocycles. The lowest BCUT2D eigenvalue weighted by Gasteiger charge is -2.39. The van der Waals surface area contributed by atoms with Crippen molar-refractivity contribution in [3.63, 3.8) is 0 Å². The summed E-state index contributed by atoms with van der Waals surface area (Å²) in [7, 11) is 4.08. The summed E-state index contributed by atoms with van der Waals surface area (Å²) in [5.74, 6) is -15.3. The van der Waals surface area contributed by atoms with Gasteiger partial charge in [0.05, 0.1) is 84.7 Å². The molecule has 6 saturated heterocycles. The topological polar surface area (TPSA) is 379 Å². The van der Waals surface area contributed by atoms with Gasteiger partial charge in [-0.25, -0.2) is 9.97 Å². The van der Waals surface area contributed by atoms with Gasteiger partial charge in [0, 0.05) is 121 Å². The minimum Gasteiger partial charge on any atom is -0.495 e. The molecule has 12 amide bonds. The number of hydrogen-bond donors (Lipinski definition) is 6. The molecule has 6 N–H and O–H groups in total. The summed E-state index contributed by atoms with van der Waals surface area (Å²) in [6, 6.07) is 16.5. The van der Waals surface area contributed by atoms with Crippen LogP contribution in [0.25, 0.3) is 0 Å². The molecule has 680 valence electrons. The first-order chi connectivity index (χ1) is 62.1. The van der Waals surface area contributed by atoms with E-state index in [1.807, 2.05) is 12.1 Å². The Kier molecular flexibility index (Phi) is 24.3. The number of alkyl halides is 4. The van der Waals surface area contributed by atoms with E-state index in [9.17, 15) is 57.5 Å². The maximum atomic E-state index is 16.9. The second kappa shape index (κ2) is 35.9. The van der Waals surface area contributed by atoms with Crippen LogP contribution in [0.5, 0.6) is 11.5 Å². The monoisotopic (exact) mass is 1780 g/mol. The molecule has 2 aliphatic carbocycles. The molecule has 18 rings (SSSR count). The lowest BCUT2D eigenvalue weighted by molar-refractivity contribution is -0.141. The number of anilines is 10. The van der Waals surface area contributed by atoms with Crippen LogP contribution in [-0.2, 0) is 28.8 Å². The van der Waals surface area contributed by atoms with Gasteiger partial charge in [0.2, 0.25) is 35.5 Å². The average Bonchev–Trinajstić information content (AvgIpc) is 1.67. The molecular formula is C91H104F4N20O14. The van der Waals surface area contributed by atoms with Gasteiger partial charge in [-0.1, -0.05) is 25.0 Å². The first-order valence-electron chi connectivity index (χ1n) is 44.9. The predicted molar refractivity (Wildman–Crippen MR) is 465 cm³/mol. The maximum absolute atomic E-state index is 16.9. The zero-order chi connectivity index (χ0) is 90.0. The summed E-state index contributed by atoms with van der Waals surface area (Å²) in [5.41, 5.74) is 3.70. The summed E-state index contributed by atoms with van der Waals surface area (Å²) in [5, 5.41) is 17.2. The third-order valence-electron chi connectivity index (χ3n) is 28.0. The molecule has 4 aromatic carbocycles. The standard InChI is InChI=1S/C91H104F4N20O14/c1-106-68-43-96-88(100-62-22-19-55(42-70(62)128-2)79(119)99-57-31-38-108(39-32-57)45-53-11-9-34-110(47-53)65-17-7-15-61-75(65)85(125)115(83(61)123)67-25-27-73(117)103-81(67)121)104-76(68)113(49-90(92,93)86(106)126)59-21-18-52(40-59)48-111-69-44-97-89(105-77(69)112(58-12-4-5-13-58)50-91(94,95)87(111)127)101-63-23-20-54(41-71(63)129-3)78(118)98-56-29-36-107(37-30-56)35-28-51-10-8-33-109(46-51)64-16-6-14-60-74(64)84(124)114(82(60)122)66-24-26-72(116)102-80(66)120/h6-7,14-17,19-20,22-23,41-44,51-53,56-59,66-67H,4-5,8-13,18,21,24-40,45-50H2,1-3H3,(H,98,118)(H,99,119)(H,96,100,104)(H,97,101,105)(H,102,116,120)(H,103,117,121). The van der Waals surface area contributed by atoms with E-state index in [1.54, 1.807) is 60.7 Å².